The van der Waals surface area contributed by atoms with Crippen LogP contribution in [0.2, 0.25) is 0 Å². The standard InChI is InChI=1S/C25H40N4O3/c30-29(31)21-25(27-23-12-5-2-1-3-6-13-23)26-15-10-18-32-24-14-9-11-22(19-24)20-28-16-7-4-8-17-28/h9,11,14,19,21,23,26-27H,1-8,10,12-13,15-18,20H2. The summed E-state index contributed by atoms with van der Waals surface area (Å²) < 4.78 is 5.95. The Morgan fingerprint density at radius 1 is 1.09 bits per heavy atom. The first-order chi connectivity index (χ1) is 15.7. The van der Waals surface area contributed by atoms with Gasteiger partial charge in [-0.2, -0.15) is 0 Å². The van der Waals surface area contributed by atoms with Crippen molar-refractivity contribution in [3.63, 3.8) is 0 Å². The zero-order valence-corrected chi connectivity index (χ0v) is 19.4. The van der Waals surface area contributed by atoms with Crippen molar-refractivity contribution < 1.29 is 9.66 Å². The minimum Gasteiger partial charge on any atom is -0.494 e. The predicted molar refractivity (Wildman–Crippen MR) is 128 cm³/mol. The van der Waals surface area contributed by atoms with E-state index < -0.39 is 0 Å². The fraction of sp³-hybridized carbons (Fsp3) is 0.680. The van der Waals surface area contributed by atoms with Crippen molar-refractivity contribution in [1.82, 2.24) is 15.5 Å². The molecule has 1 saturated heterocycles. The second-order valence-electron chi connectivity index (χ2n) is 9.13. The van der Waals surface area contributed by atoms with E-state index in [-0.39, 0.29) is 4.92 Å². The number of piperidine rings is 1. The minimum absolute atomic E-state index is 0.313. The minimum atomic E-state index is -0.386. The smallest absolute Gasteiger partial charge is 0.274 e. The lowest BCUT2D eigenvalue weighted by molar-refractivity contribution is -0.404. The summed E-state index contributed by atoms with van der Waals surface area (Å²) in [6, 6.07) is 8.67. The lowest BCUT2D eigenvalue weighted by Crippen LogP contribution is -2.36. The van der Waals surface area contributed by atoms with E-state index in [0.29, 0.717) is 25.0 Å². The third-order valence-electron chi connectivity index (χ3n) is 6.36. The fourth-order valence-corrected chi connectivity index (χ4v) is 4.65. The molecule has 1 saturated carbocycles. The average molecular weight is 445 g/mol. The van der Waals surface area contributed by atoms with Crippen molar-refractivity contribution in [2.45, 2.75) is 83.2 Å². The Morgan fingerprint density at radius 2 is 1.81 bits per heavy atom. The van der Waals surface area contributed by atoms with Crippen molar-refractivity contribution in [3.8, 4) is 5.75 Å². The van der Waals surface area contributed by atoms with Crippen LogP contribution in [0.25, 0.3) is 0 Å². The van der Waals surface area contributed by atoms with Crippen molar-refractivity contribution >= 4 is 0 Å². The van der Waals surface area contributed by atoms with Gasteiger partial charge in [0.05, 0.1) is 11.5 Å². The van der Waals surface area contributed by atoms with Crippen LogP contribution in [0.15, 0.2) is 36.3 Å². The van der Waals surface area contributed by atoms with Gasteiger partial charge in [-0.1, -0.05) is 50.7 Å². The lowest BCUT2D eigenvalue weighted by Gasteiger charge is -2.26. The highest BCUT2D eigenvalue weighted by Gasteiger charge is 2.14. The molecule has 3 rings (SSSR count). The van der Waals surface area contributed by atoms with Gasteiger partial charge >= 0.3 is 0 Å². The summed E-state index contributed by atoms with van der Waals surface area (Å²) in [7, 11) is 0. The summed E-state index contributed by atoms with van der Waals surface area (Å²) >= 11 is 0. The highest BCUT2D eigenvalue weighted by atomic mass is 16.6. The quantitative estimate of drug-likeness (QED) is 0.290. The summed E-state index contributed by atoms with van der Waals surface area (Å²) in [4.78, 5) is 13.2. The molecular weight excluding hydrogens is 404 g/mol. The van der Waals surface area contributed by atoms with Gasteiger partial charge in [0.1, 0.15) is 5.75 Å². The summed E-state index contributed by atoms with van der Waals surface area (Å²) in [5.74, 6) is 1.41. The van der Waals surface area contributed by atoms with Crippen molar-refractivity contribution in [2.24, 2.45) is 0 Å². The van der Waals surface area contributed by atoms with E-state index in [9.17, 15) is 10.1 Å². The van der Waals surface area contributed by atoms with Crippen LogP contribution < -0.4 is 15.4 Å². The first kappa shape index (κ1) is 24.4. The number of hydrogen-bond acceptors (Lipinski definition) is 6. The molecule has 0 unspecified atom stereocenters. The van der Waals surface area contributed by atoms with E-state index >= 15 is 0 Å². The van der Waals surface area contributed by atoms with Crippen LogP contribution in [-0.2, 0) is 6.54 Å². The van der Waals surface area contributed by atoms with Crippen molar-refractivity contribution in [2.75, 3.05) is 26.2 Å². The average Bonchev–Trinajstić information content (AvgIpc) is 2.76. The Kier molecular flexibility index (Phi) is 10.7. The molecule has 2 N–H and O–H groups in total. The monoisotopic (exact) mass is 444 g/mol. The van der Waals surface area contributed by atoms with E-state index in [4.69, 9.17) is 4.74 Å². The highest BCUT2D eigenvalue weighted by molar-refractivity contribution is 5.28. The first-order valence-electron chi connectivity index (χ1n) is 12.5. The van der Waals surface area contributed by atoms with E-state index in [0.717, 1.165) is 37.8 Å². The number of ether oxygens (including phenoxy) is 1. The molecule has 2 aliphatic rings. The highest BCUT2D eigenvalue weighted by Crippen LogP contribution is 2.19. The van der Waals surface area contributed by atoms with Crippen LogP contribution in [0, 0.1) is 10.1 Å². The van der Waals surface area contributed by atoms with Gasteiger partial charge in [0.15, 0.2) is 5.82 Å². The third kappa shape index (κ3) is 9.47. The van der Waals surface area contributed by atoms with E-state index in [2.05, 4.69) is 33.7 Å². The molecule has 0 atom stereocenters. The molecule has 7 nitrogen and oxygen atoms in total. The molecule has 1 aromatic rings. The number of benzene rings is 1. The zero-order valence-electron chi connectivity index (χ0n) is 19.4. The maximum absolute atomic E-state index is 11.0. The molecule has 178 valence electrons. The summed E-state index contributed by atoms with van der Waals surface area (Å²) in [6.07, 6.45) is 14.1. The first-order valence-corrected chi connectivity index (χ1v) is 12.5. The van der Waals surface area contributed by atoms with Crippen LogP contribution in [0.4, 0.5) is 0 Å². The largest absolute Gasteiger partial charge is 0.494 e. The van der Waals surface area contributed by atoms with Gasteiger partial charge in [-0.25, -0.2) is 0 Å². The number of hydrogen-bond donors (Lipinski definition) is 2. The van der Waals surface area contributed by atoms with E-state index in [1.807, 2.05) is 6.07 Å². The van der Waals surface area contributed by atoms with Gasteiger partial charge < -0.3 is 15.4 Å². The normalized spacial score (nSPS) is 19.1. The number of nitrogens with one attached hydrogen (secondary N) is 2. The molecular formula is C25H40N4O3. The van der Waals surface area contributed by atoms with Crippen LogP contribution >= 0.6 is 0 Å². The van der Waals surface area contributed by atoms with Gasteiger partial charge in [-0.15, -0.1) is 0 Å². The number of likely N-dealkylation sites (tertiary alicyclic amines) is 1. The fourth-order valence-electron chi connectivity index (χ4n) is 4.65. The van der Waals surface area contributed by atoms with E-state index in [1.54, 1.807) is 0 Å². The van der Waals surface area contributed by atoms with Crippen LogP contribution in [0.1, 0.15) is 76.2 Å². The van der Waals surface area contributed by atoms with Crippen molar-refractivity contribution in [3.05, 3.63) is 52.0 Å². The molecule has 0 aromatic heterocycles. The van der Waals surface area contributed by atoms with Gasteiger partial charge in [-0.3, -0.25) is 15.0 Å². The second kappa shape index (κ2) is 14.0. The lowest BCUT2D eigenvalue weighted by atomic mass is 9.97. The molecule has 0 amide bonds. The molecule has 1 aliphatic heterocycles. The number of rotatable bonds is 11. The van der Waals surface area contributed by atoms with E-state index in [1.165, 1.54) is 70.0 Å². The molecule has 2 fully saturated rings. The van der Waals surface area contributed by atoms with Gasteiger partial charge in [0, 0.05) is 19.1 Å². The molecule has 0 spiro atoms. The topological polar surface area (TPSA) is 79.7 Å². The Balaban J connectivity index is 1.38. The molecule has 32 heavy (non-hydrogen) atoms. The molecule has 0 bridgehead atoms. The number of nitro groups is 1. The van der Waals surface area contributed by atoms with Gasteiger partial charge in [0.2, 0.25) is 0 Å². The Bertz CT molecular complexity index is 711. The SMILES string of the molecule is O=[N+]([O-])C=C(NCCCOc1cccc(CN2CCCCC2)c1)NC1CCCCCCC1. The number of nitrogens with zero attached hydrogens (tertiary/aromatic N) is 2. The molecule has 7 heteroatoms. The maximum atomic E-state index is 11.0. The Morgan fingerprint density at radius 3 is 2.56 bits per heavy atom. The molecule has 1 aromatic carbocycles. The summed E-state index contributed by atoms with van der Waals surface area (Å²) in [5.41, 5.74) is 1.29. The molecule has 1 aliphatic carbocycles. The van der Waals surface area contributed by atoms with Gasteiger partial charge in [0.25, 0.3) is 6.20 Å². The molecule has 1 heterocycles. The third-order valence-corrected chi connectivity index (χ3v) is 6.36. The molecule has 0 radical (unpaired) electrons. The zero-order chi connectivity index (χ0) is 22.4. The van der Waals surface area contributed by atoms with Crippen LogP contribution in [-0.4, -0.2) is 42.1 Å². The second-order valence-corrected chi connectivity index (χ2v) is 9.13. The summed E-state index contributed by atoms with van der Waals surface area (Å²) in [6.45, 7) is 4.57. The van der Waals surface area contributed by atoms with Crippen LogP contribution in [0.5, 0.6) is 5.75 Å². The van der Waals surface area contributed by atoms with Crippen molar-refractivity contribution in [1.29, 1.82) is 0 Å². The predicted octanol–water partition coefficient (Wildman–Crippen LogP) is 4.81. The van der Waals surface area contributed by atoms with Gasteiger partial charge in [-0.05, 0) is 62.9 Å². The maximum Gasteiger partial charge on any atom is 0.274 e. The Labute approximate surface area is 192 Å². The van der Waals surface area contributed by atoms with Crippen LogP contribution in [0.3, 0.4) is 0 Å². The summed E-state index contributed by atoms with van der Waals surface area (Å²) in [5, 5.41) is 17.6. The Hall–Kier alpha value is -2.28.